The highest BCUT2D eigenvalue weighted by Crippen LogP contribution is 2.29. The second-order valence-corrected chi connectivity index (χ2v) is 4.97. The van der Waals surface area contributed by atoms with Gasteiger partial charge < -0.3 is 14.8 Å². The van der Waals surface area contributed by atoms with Crippen LogP contribution in [0, 0.1) is 10.1 Å². The summed E-state index contributed by atoms with van der Waals surface area (Å²) in [5.41, 5.74) is -0.116. The molecule has 23 heavy (non-hydrogen) atoms. The Kier molecular flexibility index (Phi) is 4.97. The van der Waals surface area contributed by atoms with Crippen LogP contribution in [0.4, 0.5) is 5.69 Å². The third kappa shape index (κ3) is 4.07. The number of carboxylic acid groups (broad SMARTS) is 1. The van der Waals surface area contributed by atoms with Crippen LogP contribution in [-0.2, 0) is 4.79 Å². The topological polar surface area (TPSA) is 123 Å². The molecular formula is C14H11ClN2O6. The predicted molar refractivity (Wildman–Crippen MR) is 79.3 cm³/mol. The molecule has 0 radical (unpaired) electrons. The van der Waals surface area contributed by atoms with E-state index in [9.17, 15) is 19.7 Å². The summed E-state index contributed by atoms with van der Waals surface area (Å²) in [6.07, 6.45) is 0.800. The lowest BCUT2D eigenvalue weighted by Crippen LogP contribution is -2.30. The quantitative estimate of drug-likeness (QED) is 0.616. The summed E-state index contributed by atoms with van der Waals surface area (Å²) in [6, 6.07) is 5.47. The van der Waals surface area contributed by atoms with Crippen LogP contribution in [0.3, 0.4) is 0 Å². The van der Waals surface area contributed by atoms with E-state index in [1.807, 2.05) is 0 Å². The van der Waals surface area contributed by atoms with Crippen LogP contribution < -0.4 is 5.32 Å². The Bertz CT molecular complexity index is 744. The van der Waals surface area contributed by atoms with E-state index < -0.39 is 29.3 Å². The average molecular weight is 339 g/mol. The number of halogens is 1. The molecule has 1 amide bonds. The molecule has 0 saturated heterocycles. The fraction of sp³-hybridized carbons (Fsp3) is 0.143. The Morgan fingerprint density at radius 3 is 2.70 bits per heavy atom. The molecule has 0 bridgehead atoms. The van der Waals surface area contributed by atoms with Crippen molar-refractivity contribution in [2.45, 2.75) is 12.5 Å². The van der Waals surface area contributed by atoms with Crippen LogP contribution in [0.5, 0.6) is 0 Å². The van der Waals surface area contributed by atoms with Crippen molar-refractivity contribution in [1.82, 2.24) is 5.32 Å². The Morgan fingerprint density at radius 2 is 2.13 bits per heavy atom. The van der Waals surface area contributed by atoms with E-state index in [-0.39, 0.29) is 22.0 Å². The number of nitro groups is 1. The van der Waals surface area contributed by atoms with Gasteiger partial charge in [0.1, 0.15) is 0 Å². The van der Waals surface area contributed by atoms with Gasteiger partial charge in [0.05, 0.1) is 23.6 Å². The van der Waals surface area contributed by atoms with Gasteiger partial charge in [-0.1, -0.05) is 11.6 Å². The van der Waals surface area contributed by atoms with Crippen LogP contribution in [0.1, 0.15) is 28.6 Å². The standard InChI is InChI=1S/C14H11ClN2O6/c15-10-4-3-8(17(21)22)6-9(10)11(7-13(18)19)16-14(20)12-2-1-5-23-12/h1-6,11H,7H2,(H,16,20)(H,18,19)/t11-/m0/s1. The summed E-state index contributed by atoms with van der Waals surface area (Å²) in [6.45, 7) is 0. The van der Waals surface area contributed by atoms with Crippen molar-refractivity contribution < 1.29 is 24.0 Å². The summed E-state index contributed by atoms with van der Waals surface area (Å²) >= 11 is 6.00. The number of benzene rings is 1. The van der Waals surface area contributed by atoms with Gasteiger partial charge in [-0.2, -0.15) is 0 Å². The first-order valence-corrected chi connectivity index (χ1v) is 6.76. The third-order valence-corrected chi connectivity index (χ3v) is 3.34. The van der Waals surface area contributed by atoms with Crippen LogP contribution in [-0.4, -0.2) is 21.9 Å². The van der Waals surface area contributed by atoms with E-state index in [1.165, 1.54) is 30.5 Å². The van der Waals surface area contributed by atoms with Crippen molar-refractivity contribution in [3.63, 3.8) is 0 Å². The minimum Gasteiger partial charge on any atom is -0.481 e. The highest BCUT2D eigenvalue weighted by atomic mass is 35.5. The van der Waals surface area contributed by atoms with Gasteiger partial charge in [0.15, 0.2) is 5.76 Å². The number of nitrogens with zero attached hydrogens (tertiary/aromatic N) is 1. The predicted octanol–water partition coefficient (Wildman–Crippen LogP) is 2.79. The molecule has 2 rings (SSSR count). The number of hydrogen-bond donors (Lipinski definition) is 2. The molecule has 0 fully saturated rings. The second kappa shape index (κ2) is 6.93. The smallest absolute Gasteiger partial charge is 0.305 e. The highest BCUT2D eigenvalue weighted by Gasteiger charge is 2.24. The number of nitrogens with one attached hydrogen (secondary N) is 1. The molecule has 1 aromatic heterocycles. The molecule has 0 saturated carbocycles. The molecule has 0 unspecified atom stereocenters. The summed E-state index contributed by atoms with van der Waals surface area (Å²) < 4.78 is 4.93. The van der Waals surface area contributed by atoms with Crippen molar-refractivity contribution in [2.24, 2.45) is 0 Å². The van der Waals surface area contributed by atoms with Gasteiger partial charge in [-0.15, -0.1) is 0 Å². The number of carboxylic acids is 1. The Hall–Kier alpha value is -2.87. The van der Waals surface area contributed by atoms with E-state index in [2.05, 4.69) is 5.32 Å². The Labute approximate surface area is 134 Å². The van der Waals surface area contributed by atoms with Crippen molar-refractivity contribution in [3.8, 4) is 0 Å². The molecule has 1 atom stereocenters. The van der Waals surface area contributed by atoms with Gasteiger partial charge >= 0.3 is 5.97 Å². The molecule has 0 aliphatic heterocycles. The lowest BCUT2D eigenvalue weighted by molar-refractivity contribution is -0.384. The number of non-ortho nitro benzene ring substituents is 1. The maximum absolute atomic E-state index is 12.0. The number of rotatable bonds is 6. The van der Waals surface area contributed by atoms with E-state index >= 15 is 0 Å². The van der Waals surface area contributed by atoms with E-state index in [4.69, 9.17) is 21.1 Å². The number of hydrogen-bond acceptors (Lipinski definition) is 5. The molecule has 2 aromatic rings. The van der Waals surface area contributed by atoms with E-state index in [0.29, 0.717) is 0 Å². The minimum atomic E-state index is -1.20. The van der Waals surface area contributed by atoms with E-state index in [0.717, 1.165) is 6.07 Å². The molecule has 0 spiro atoms. The fourth-order valence-corrected chi connectivity index (χ4v) is 2.21. The number of nitro benzene ring substituents is 1. The maximum Gasteiger partial charge on any atom is 0.305 e. The zero-order valence-corrected chi connectivity index (χ0v) is 12.3. The van der Waals surface area contributed by atoms with Crippen molar-refractivity contribution in [2.75, 3.05) is 0 Å². The molecule has 8 nitrogen and oxygen atoms in total. The first-order chi connectivity index (χ1) is 10.9. The molecule has 9 heteroatoms. The third-order valence-electron chi connectivity index (χ3n) is 2.99. The molecular weight excluding hydrogens is 328 g/mol. The SMILES string of the molecule is O=C(O)C[C@H](NC(=O)c1ccco1)c1cc([N+](=O)[O-])ccc1Cl. The number of furan rings is 1. The fourth-order valence-electron chi connectivity index (χ4n) is 1.96. The van der Waals surface area contributed by atoms with Crippen LogP contribution in [0.2, 0.25) is 5.02 Å². The molecule has 0 aliphatic rings. The van der Waals surface area contributed by atoms with Gasteiger partial charge in [0, 0.05) is 22.7 Å². The lowest BCUT2D eigenvalue weighted by Gasteiger charge is -2.18. The second-order valence-electron chi connectivity index (χ2n) is 4.56. The zero-order chi connectivity index (χ0) is 17.0. The van der Waals surface area contributed by atoms with Crippen molar-refractivity contribution >= 4 is 29.2 Å². The van der Waals surface area contributed by atoms with Crippen molar-refractivity contribution in [1.29, 1.82) is 0 Å². The number of amides is 1. The molecule has 1 aromatic carbocycles. The summed E-state index contributed by atoms with van der Waals surface area (Å²) in [4.78, 5) is 33.3. The van der Waals surface area contributed by atoms with Gasteiger partial charge in [-0.05, 0) is 18.2 Å². The summed E-state index contributed by atoms with van der Waals surface area (Å²) in [5.74, 6) is -1.86. The molecule has 120 valence electrons. The van der Waals surface area contributed by atoms with Crippen LogP contribution in [0.15, 0.2) is 41.0 Å². The minimum absolute atomic E-state index is 0.0121. The number of aliphatic carboxylic acids is 1. The molecule has 0 aliphatic carbocycles. The average Bonchev–Trinajstić information content (AvgIpc) is 3.00. The molecule has 1 heterocycles. The first kappa shape index (κ1) is 16.5. The monoisotopic (exact) mass is 338 g/mol. The Balaban J connectivity index is 2.34. The zero-order valence-electron chi connectivity index (χ0n) is 11.6. The maximum atomic E-state index is 12.0. The molecule has 2 N–H and O–H groups in total. The highest BCUT2D eigenvalue weighted by molar-refractivity contribution is 6.31. The van der Waals surface area contributed by atoms with Gasteiger partial charge in [-0.3, -0.25) is 19.7 Å². The van der Waals surface area contributed by atoms with Crippen LogP contribution in [0.25, 0.3) is 0 Å². The van der Waals surface area contributed by atoms with Crippen molar-refractivity contribution in [3.05, 3.63) is 63.1 Å². The Morgan fingerprint density at radius 1 is 1.39 bits per heavy atom. The summed E-state index contributed by atoms with van der Waals surface area (Å²) in [7, 11) is 0. The van der Waals surface area contributed by atoms with Gasteiger partial charge in [-0.25, -0.2) is 0 Å². The van der Waals surface area contributed by atoms with Gasteiger partial charge in [0.2, 0.25) is 0 Å². The number of carbonyl (C=O) groups is 2. The first-order valence-electron chi connectivity index (χ1n) is 6.38. The van der Waals surface area contributed by atoms with Gasteiger partial charge in [0.25, 0.3) is 11.6 Å². The van der Waals surface area contributed by atoms with E-state index in [1.54, 1.807) is 0 Å². The lowest BCUT2D eigenvalue weighted by atomic mass is 10.0. The normalized spacial score (nSPS) is 11.7. The number of carbonyl (C=O) groups excluding carboxylic acids is 1. The largest absolute Gasteiger partial charge is 0.481 e. The van der Waals surface area contributed by atoms with Crippen LogP contribution >= 0.6 is 11.6 Å². The summed E-state index contributed by atoms with van der Waals surface area (Å²) in [5, 5.41) is 22.4.